The van der Waals surface area contributed by atoms with Crippen LogP contribution in [0.1, 0.15) is 12.8 Å². The van der Waals surface area contributed by atoms with Crippen molar-refractivity contribution in [1.82, 2.24) is 15.3 Å². The molecule has 0 aliphatic heterocycles. The summed E-state index contributed by atoms with van der Waals surface area (Å²) in [4.78, 5) is 31.1. The number of rotatable bonds is 6. The molecule has 0 bridgehead atoms. The van der Waals surface area contributed by atoms with Crippen LogP contribution in [0, 0.1) is 10.1 Å². The summed E-state index contributed by atoms with van der Waals surface area (Å²) in [5.41, 5.74) is 1.78. The van der Waals surface area contributed by atoms with Crippen LogP contribution in [0.4, 0.5) is 17.3 Å². The average molecular weight is 281 g/mol. The lowest BCUT2D eigenvalue weighted by atomic mass is 10.4. The number of hydrogen-bond acceptors (Lipinski definition) is 8. The van der Waals surface area contributed by atoms with Gasteiger partial charge < -0.3 is 15.6 Å². The SMILES string of the molecule is CN(CC(=O)NC1CC1)c1ncnc(NN)c1[N+](=O)[O-]. The van der Waals surface area contributed by atoms with Crippen molar-refractivity contribution in [2.24, 2.45) is 5.84 Å². The van der Waals surface area contributed by atoms with Crippen LogP contribution < -0.4 is 21.5 Å². The topological polar surface area (TPSA) is 139 Å². The van der Waals surface area contributed by atoms with Gasteiger partial charge in [0.25, 0.3) is 0 Å². The molecule has 1 aliphatic rings. The van der Waals surface area contributed by atoms with Gasteiger partial charge in [-0.15, -0.1) is 0 Å². The zero-order valence-corrected chi connectivity index (χ0v) is 10.9. The Morgan fingerprint density at radius 2 is 2.30 bits per heavy atom. The molecule has 108 valence electrons. The van der Waals surface area contributed by atoms with E-state index in [0.717, 1.165) is 19.2 Å². The van der Waals surface area contributed by atoms with Crippen molar-refractivity contribution in [3.8, 4) is 0 Å². The average Bonchev–Trinajstić information content (AvgIpc) is 3.21. The number of hydrazine groups is 1. The second-order valence-corrected chi connectivity index (χ2v) is 4.49. The zero-order chi connectivity index (χ0) is 14.7. The van der Waals surface area contributed by atoms with E-state index >= 15 is 0 Å². The first-order valence-corrected chi connectivity index (χ1v) is 5.99. The Balaban J connectivity index is 2.17. The predicted molar refractivity (Wildman–Crippen MR) is 70.9 cm³/mol. The molecule has 2 rings (SSSR count). The molecular formula is C10H15N7O3. The lowest BCUT2D eigenvalue weighted by Gasteiger charge is -2.17. The first-order valence-electron chi connectivity index (χ1n) is 5.99. The molecule has 1 aliphatic carbocycles. The molecule has 0 spiro atoms. The highest BCUT2D eigenvalue weighted by Gasteiger charge is 2.28. The van der Waals surface area contributed by atoms with E-state index in [-0.39, 0.29) is 35.8 Å². The number of carbonyl (C=O) groups excluding carboxylic acids is 1. The van der Waals surface area contributed by atoms with Gasteiger partial charge in [-0.05, 0) is 12.8 Å². The van der Waals surface area contributed by atoms with Crippen LogP contribution in [-0.4, -0.2) is 40.4 Å². The molecule has 0 saturated heterocycles. The molecule has 1 aromatic heterocycles. The quantitative estimate of drug-likeness (QED) is 0.356. The third-order valence-electron chi connectivity index (χ3n) is 2.81. The smallest absolute Gasteiger partial charge is 0.352 e. The minimum atomic E-state index is -0.639. The van der Waals surface area contributed by atoms with Crippen molar-refractivity contribution < 1.29 is 9.72 Å². The molecule has 10 heteroatoms. The van der Waals surface area contributed by atoms with E-state index in [0.29, 0.717) is 0 Å². The fourth-order valence-electron chi connectivity index (χ4n) is 1.71. The van der Waals surface area contributed by atoms with Gasteiger partial charge in [0.2, 0.25) is 17.5 Å². The molecule has 4 N–H and O–H groups in total. The van der Waals surface area contributed by atoms with Crippen molar-refractivity contribution in [3.63, 3.8) is 0 Å². The summed E-state index contributed by atoms with van der Waals surface area (Å²) in [5, 5.41) is 13.9. The van der Waals surface area contributed by atoms with E-state index in [1.807, 2.05) is 0 Å². The number of amides is 1. The van der Waals surface area contributed by atoms with Gasteiger partial charge >= 0.3 is 5.69 Å². The zero-order valence-electron chi connectivity index (χ0n) is 10.9. The normalized spacial score (nSPS) is 13.7. The molecule has 10 nitrogen and oxygen atoms in total. The van der Waals surface area contributed by atoms with Crippen LogP contribution in [0.5, 0.6) is 0 Å². The molecule has 0 atom stereocenters. The molecule has 0 aromatic carbocycles. The van der Waals surface area contributed by atoms with Gasteiger partial charge in [0.1, 0.15) is 6.33 Å². The number of nitrogens with one attached hydrogen (secondary N) is 2. The summed E-state index contributed by atoms with van der Waals surface area (Å²) in [6.07, 6.45) is 3.10. The van der Waals surface area contributed by atoms with Crippen LogP contribution >= 0.6 is 0 Å². The van der Waals surface area contributed by atoms with Crippen molar-refractivity contribution in [2.75, 3.05) is 23.9 Å². The van der Waals surface area contributed by atoms with Gasteiger partial charge in [-0.2, -0.15) is 0 Å². The molecular weight excluding hydrogens is 266 g/mol. The maximum atomic E-state index is 11.7. The van der Waals surface area contributed by atoms with E-state index in [4.69, 9.17) is 5.84 Å². The number of aromatic nitrogens is 2. The molecule has 20 heavy (non-hydrogen) atoms. The fourth-order valence-corrected chi connectivity index (χ4v) is 1.71. The van der Waals surface area contributed by atoms with E-state index in [2.05, 4.69) is 20.7 Å². The van der Waals surface area contributed by atoms with Gasteiger partial charge in [0.05, 0.1) is 11.5 Å². The monoisotopic (exact) mass is 281 g/mol. The van der Waals surface area contributed by atoms with Crippen molar-refractivity contribution in [3.05, 3.63) is 16.4 Å². The van der Waals surface area contributed by atoms with Crippen molar-refractivity contribution in [2.45, 2.75) is 18.9 Å². The highest BCUT2D eigenvalue weighted by molar-refractivity contribution is 5.83. The Bertz CT molecular complexity index is 532. The molecule has 1 saturated carbocycles. The summed E-state index contributed by atoms with van der Waals surface area (Å²) in [5.74, 6) is 4.92. The van der Waals surface area contributed by atoms with E-state index in [9.17, 15) is 14.9 Å². The van der Waals surface area contributed by atoms with Crippen LogP contribution in [0.3, 0.4) is 0 Å². The number of hydrogen-bond donors (Lipinski definition) is 3. The van der Waals surface area contributed by atoms with Crippen molar-refractivity contribution >= 4 is 23.2 Å². The number of nitrogens with two attached hydrogens (primary N) is 1. The summed E-state index contributed by atoms with van der Waals surface area (Å²) < 4.78 is 0. The first kappa shape index (κ1) is 13.9. The Labute approximate surface area is 114 Å². The molecule has 0 radical (unpaired) electrons. The predicted octanol–water partition coefficient (Wildman–Crippen LogP) is -0.615. The van der Waals surface area contributed by atoms with Gasteiger partial charge in [0.15, 0.2) is 0 Å². The van der Waals surface area contributed by atoms with E-state index in [1.54, 1.807) is 7.05 Å². The Kier molecular flexibility index (Phi) is 3.94. The minimum absolute atomic E-state index is 0.0294. The Hall–Kier alpha value is -2.49. The number of likely N-dealkylation sites (N-methyl/N-ethyl adjacent to an activating group) is 1. The molecule has 1 amide bonds. The number of nitrogen functional groups attached to an aromatic ring is 1. The van der Waals surface area contributed by atoms with Gasteiger partial charge in [-0.1, -0.05) is 0 Å². The van der Waals surface area contributed by atoms with Gasteiger partial charge in [0, 0.05) is 13.1 Å². The Morgan fingerprint density at radius 3 is 2.85 bits per heavy atom. The number of anilines is 2. The summed E-state index contributed by atoms with van der Waals surface area (Å²) >= 11 is 0. The largest absolute Gasteiger partial charge is 0.354 e. The third-order valence-corrected chi connectivity index (χ3v) is 2.81. The van der Waals surface area contributed by atoms with E-state index < -0.39 is 4.92 Å². The highest BCUT2D eigenvalue weighted by Crippen LogP contribution is 2.30. The number of nitro groups is 1. The lowest BCUT2D eigenvalue weighted by Crippen LogP contribution is -2.37. The summed E-state index contributed by atoms with van der Waals surface area (Å²) in [7, 11) is 1.54. The second kappa shape index (κ2) is 5.65. The maximum absolute atomic E-state index is 11.7. The highest BCUT2D eigenvalue weighted by atomic mass is 16.6. The molecule has 1 fully saturated rings. The van der Waals surface area contributed by atoms with Crippen LogP contribution in [-0.2, 0) is 4.79 Å². The van der Waals surface area contributed by atoms with Crippen LogP contribution in [0.2, 0.25) is 0 Å². The van der Waals surface area contributed by atoms with E-state index in [1.165, 1.54) is 4.90 Å². The summed E-state index contributed by atoms with van der Waals surface area (Å²) in [6.45, 7) is -0.0294. The first-order chi connectivity index (χ1) is 9.52. The molecule has 0 unspecified atom stereocenters. The van der Waals surface area contributed by atoms with Gasteiger partial charge in [-0.25, -0.2) is 15.8 Å². The molecule has 1 heterocycles. The number of carbonyl (C=O) groups is 1. The fraction of sp³-hybridized carbons (Fsp3) is 0.500. The molecule has 1 aromatic rings. The van der Waals surface area contributed by atoms with Crippen LogP contribution in [0.15, 0.2) is 6.33 Å². The van der Waals surface area contributed by atoms with Gasteiger partial charge in [-0.3, -0.25) is 14.9 Å². The third kappa shape index (κ3) is 3.09. The number of nitrogens with zero attached hydrogens (tertiary/aromatic N) is 4. The second-order valence-electron chi connectivity index (χ2n) is 4.49. The van der Waals surface area contributed by atoms with Crippen molar-refractivity contribution in [1.29, 1.82) is 0 Å². The Morgan fingerprint density at radius 1 is 1.60 bits per heavy atom. The lowest BCUT2D eigenvalue weighted by molar-refractivity contribution is -0.383. The maximum Gasteiger partial charge on any atom is 0.354 e. The minimum Gasteiger partial charge on any atom is -0.352 e. The van der Waals surface area contributed by atoms with Crippen LogP contribution in [0.25, 0.3) is 0 Å². The standard InChI is InChI=1S/C10H15N7O3/c1-16(4-7(18)14-6-2-3-6)10-8(17(19)20)9(15-11)12-5-13-10/h5-6H,2-4,11H2,1H3,(H,14,18)(H,12,13,15). The summed E-state index contributed by atoms with van der Waals surface area (Å²) in [6, 6.07) is 0.234.